The number of aryl methyl sites for hydroxylation is 1. The average molecular weight is 256 g/mol. The van der Waals surface area contributed by atoms with Crippen LogP contribution in [0.5, 0.6) is 11.5 Å². The van der Waals surface area contributed by atoms with Gasteiger partial charge in [0.2, 0.25) is 0 Å². The molecule has 19 heavy (non-hydrogen) atoms. The molecule has 1 aromatic heterocycles. The highest BCUT2D eigenvalue weighted by Crippen LogP contribution is 2.38. The summed E-state index contributed by atoms with van der Waals surface area (Å²) >= 11 is 0. The molecular weight excluding hydrogens is 240 g/mol. The van der Waals surface area contributed by atoms with Crippen LogP contribution in [-0.4, -0.2) is 18.2 Å². The Hall–Kier alpha value is -1.97. The molecular formula is C15H16N2O2. The minimum atomic E-state index is 0.691. The fourth-order valence-corrected chi connectivity index (χ4v) is 2.96. The molecule has 4 heteroatoms. The zero-order valence-electron chi connectivity index (χ0n) is 10.7. The molecule has 1 aliphatic carbocycles. The predicted molar refractivity (Wildman–Crippen MR) is 73.8 cm³/mol. The minimum Gasteiger partial charge on any atom is -0.490 e. The summed E-state index contributed by atoms with van der Waals surface area (Å²) in [5.41, 5.74) is 10.5. The Kier molecular flexibility index (Phi) is 2.31. The fourth-order valence-electron chi connectivity index (χ4n) is 2.96. The van der Waals surface area contributed by atoms with Crippen LogP contribution in [-0.2, 0) is 12.8 Å². The molecule has 0 amide bonds. The minimum absolute atomic E-state index is 0.691. The van der Waals surface area contributed by atoms with Gasteiger partial charge in [-0.2, -0.15) is 0 Å². The second-order valence-corrected chi connectivity index (χ2v) is 5.17. The molecule has 0 bridgehead atoms. The van der Waals surface area contributed by atoms with Crippen LogP contribution in [0.4, 0.5) is 5.69 Å². The number of benzene rings is 1. The van der Waals surface area contributed by atoms with Crippen molar-refractivity contribution in [3.63, 3.8) is 0 Å². The van der Waals surface area contributed by atoms with Gasteiger partial charge in [-0.3, -0.25) is 4.98 Å². The zero-order valence-corrected chi connectivity index (χ0v) is 10.7. The van der Waals surface area contributed by atoms with Crippen LogP contribution in [0.1, 0.15) is 24.1 Å². The first kappa shape index (κ1) is 10.9. The second-order valence-electron chi connectivity index (χ2n) is 5.17. The molecule has 2 N–H and O–H groups in total. The van der Waals surface area contributed by atoms with Crippen LogP contribution >= 0.6 is 0 Å². The largest absolute Gasteiger partial charge is 0.490 e. The lowest BCUT2D eigenvalue weighted by Gasteiger charge is -2.12. The molecule has 0 radical (unpaired) electrons. The van der Waals surface area contributed by atoms with Gasteiger partial charge in [0, 0.05) is 29.3 Å². The van der Waals surface area contributed by atoms with Gasteiger partial charge >= 0.3 is 0 Å². The Bertz CT molecular complexity index is 667. The first-order chi connectivity index (χ1) is 9.33. The van der Waals surface area contributed by atoms with E-state index < -0.39 is 0 Å². The van der Waals surface area contributed by atoms with Gasteiger partial charge in [-0.05, 0) is 30.9 Å². The lowest BCUT2D eigenvalue weighted by molar-refractivity contribution is 0.297. The van der Waals surface area contributed by atoms with E-state index in [0.717, 1.165) is 59.5 Å². The van der Waals surface area contributed by atoms with Crippen LogP contribution in [0.3, 0.4) is 0 Å². The van der Waals surface area contributed by atoms with Crippen molar-refractivity contribution in [1.29, 1.82) is 0 Å². The van der Waals surface area contributed by atoms with Gasteiger partial charge in [0.05, 0.1) is 18.7 Å². The maximum absolute atomic E-state index is 6.31. The number of pyridine rings is 1. The third-order valence-electron chi connectivity index (χ3n) is 3.93. The number of fused-ring (bicyclic) bond motifs is 3. The molecule has 1 aromatic carbocycles. The van der Waals surface area contributed by atoms with E-state index >= 15 is 0 Å². The van der Waals surface area contributed by atoms with Crippen molar-refractivity contribution < 1.29 is 9.47 Å². The molecule has 0 unspecified atom stereocenters. The number of hydrogen-bond acceptors (Lipinski definition) is 4. The van der Waals surface area contributed by atoms with Crippen molar-refractivity contribution in [3.8, 4) is 11.5 Å². The van der Waals surface area contributed by atoms with Crippen molar-refractivity contribution in [2.24, 2.45) is 0 Å². The summed E-state index contributed by atoms with van der Waals surface area (Å²) in [5, 5.41) is 0.991. The molecule has 2 aromatic rings. The normalized spacial score (nSPS) is 17.3. The number of ether oxygens (including phenoxy) is 2. The van der Waals surface area contributed by atoms with Gasteiger partial charge in [0.25, 0.3) is 0 Å². The quantitative estimate of drug-likeness (QED) is 0.786. The Morgan fingerprint density at radius 2 is 1.79 bits per heavy atom. The topological polar surface area (TPSA) is 57.4 Å². The summed E-state index contributed by atoms with van der Waals surface area (Å²) in [6.45, 7) is 1.38. The van der Waals surface area contributed by atoms with Crippen molar-refractivity contribution in [1.82, 2.24) is 4.98 Å². The first-order valence-corrected chi connectivity index (χ1v) is 6.83. The molecule has 0 saturated heterocycles. The molecule has 2 aliphatic rings. The lowest BCUT2D eigenvalue weighted by atomic mass is 10.1. The molecule has 0 atom stereocenters. The average Bonchev–Trinajstić information content (AvgIpc) is 2.76. The summed E-state index contributed by atoms with van der Waals surface area (Å²) in [6.07, 6.45) is 4.13. The van der Waals surface area contributed by atoms with Crippen molar-refractivity contribution in [2.75, 3.05) is 18.9 Å². The lowest BCUT2D eigenvalue weighted by Crippen LogP contribution is -2.00. The standard InChI is InChI=1S/C15H16N2O2/c16-15-9-3-1-4-11(9)17-12-8-14-13(7-10(12)15)18-5-2-6-19-14/h7-8H,1-6H2,(H2,16,17). The Balaban J connectivity index is 1.98. The number of rotatable bonds is 0. The highest BCUT2D eigenvalue weighted by Gasteiger charge is 2.20. The highest BCUT2D eigenvalue weighted by atomic mass is 16.5. The number of nitrogen functional groups attached to an aromatic ring is 1. The predicted octanol–water partition coefficient (Wildman–Crippen LogP) is 2.47. The van der Waals surface area contributed by atoms with Gasteiger partial charge in [0.15, 0.2) is 11.5 Å². The summed E-state index contributed by atoms with van der Waals surface area (Å²) in [5.74, 6) is 1.58. The van der Waals surface area contributed by atoms with E-state index in [1.165, 1.54) is 5.56 Å². The first-order valence-electron chi connectivity index (χ1n) is 6.83. The molecule has 0 saturated carbocycles. The fraction of sp³-hybridized carbons (Fsp3) is 0.400. The smallest absolute Gasteiger partial charge is 0.163 e. The van der Waals surface area contributed by atoms with Gasteiger partial charge in [-0.25, -0.2) is 0 Å². The Morgan fingerprint density at radius 3 is 2.63 bits per heavy atom. The summed E-state index contributed by atoms with van der Waals surface area (Å²) < 4.78 is 11.4. The van der Waals surface area contributed by atoms with Crippen LogP contribution in [0, 0.1) is 0 Å². The molecule has 0 fully saturated rings. The number of nitrogens with zero attached hydrogens (tertiary/aromatic N) is 1. The maximum atomic E-state index is 6.31. The third kappa shape index (κ3) is 1.63. The molecule has 4 rings (SSSR count). The van der Waals surface area contributed by atoms with Crippen molar-refractivity contribution in [2.45, 2.75) is 25.7 Å². The van der Waals surface area contributed by atoms with E-state index in [1.807, 2.05) is 12.1 Å². The van der Waals surface area contributed by atoms with Crippen LogP contribution in [0.2, 0.25) is 0 Å². The number of nitrogens with two attached hydrogens (primary N) is 1. The van der Waals surface area contributed by atoms with E-state index in [2.05, 4.69) is 0 Å². The summed E-state index contributed by atoms with van der Waals surface area (Å²) in [4.78, 5) is 4.74. The Labute approximate surface area is 111 Å². The highest BCUT2D eigenvalue weighted by molar-refractivity contribution is 5.94. The van der Waals surface area contributed by atoms with Crippen molar-refractivity contribution in [3.05, 3.63) is 23.4 Å². The SMILES string of the molecule is Nc1c2c(nc3cc4c(cc13)OCCCO4)CCC2. The molecule has 4 nitrogen and oxygen atoms in total. The van der Waals surface area contributed by atoms with Gasteiger partial charge in [0.1, 0.15) is 0 Å². The molecule has 98 valence electrons. The molecule has 0 spiro atoms. The third-order valence-corrected chi connectivity index (χ3v) is 3.93. The van der Waals surface area contributed by atoms with Gasteiger partial charge in [-0.1, -0.05) is 0 Å². The van der Waals surface area contributed by atoms with E-state index in [0.29, 0.717) is 13.2 Å². The van der Waals surface area contributed by atoms with E-state index in [9.17, 15) is 0 Å². The van der Waals surface area contributed by atoms with Crippen LogP contribution < -0.4 is 15.2 Å². The second kappa shape index (κ2) is 4.02. The van der Waals surface area contributed by atoms with Gasteiger partial charge < -0.3 is 15.2 Å². The summed E-state index contributed by atoms with van der Waals surface area (Å²) in [6, 6.07) is 3.95. The molecule has 2 heterocycles. The summed E-state index contributed by atoms with van der Waals surface area (Å²) in [7, 11) is 0. The van der Waals surface area contributed by atoms with Crippen molar-refractivity contribution >= 4 is 16.6 Å². The van der Waals surface area contributed by atoms with Crippen LogP contribution in [0.25, 0.3) is 10.9 Å². The molecule has 1 aliphatic heterocycles. The number of hydrogen-bond donors (Lipinski definition) is 1. The number of aromatic nitrogens is 1. The number of anilines is 1. The van der Waals surface area contributed by atoms with E-state index in [1.54, 1.807) is 0 Å². The Morgan fingerprint density at radius 1 is 1.00 bits per heavy atom. The monoisotopic (exact) mass is 256 g/mol. The van der Waals surface area contributed by atoms with Crippen LogP contribution in [0.15, 0.2) is 12.1 Å². The maximum Gasteiger partial charge on any atom is 0.163 e. The van der Waals surface area contributed by atoms with E-state index in [-0.39, 0.29) is 0 Å². The van der Waals surface area contributed by atoms with Gasteiger partial charge in [-0.15, -0.1) is 0 Å². The zero-order chi connectivity index (χ0) is 12.8. The van der Waals surface area contributed by atoms with E-state index in [4.69, 9.17) is 20.2 Å².